The van der Waals surface area contributed by atoms with Gasteiger partial charge in [-0.25, -0.2) is 4.98 Å². The predicted molar refractivity (Wildman–Crippen MR) is 84.0 cm³/mol. The lowest BCUT2D eigenvalue weighted by molar-refractivity contribution is -0.135. The van der Waals surface area contributed by atoms with Crippen molar-refractivity contribution in [2.24, 2.45) is 5.92 Å². The fraction of sp³-hybridized carbons (Fsp3) is 0.571. The first-order valence-corrected chi connectivity index (χ1v) is 7.96. The van der Waals surface area contributed by atoms with Crippen molar-refractivity contribution in [3.05, 3.63) is 22.3 Å². The van der Waals surface area contributed by atoms with Gasteiger partial charge in [-0.15, -0.1) is 0 Å². The minimum atomic E-state index is 0.147. The van der Waals surface area contributed by atoms with Crippen LogP contribution in [-0.2, 0) is 4.79 Å². The zero-order valence-electron chi connectivity index (χ0n) is 11.7. The van der Waals surface area contributed by atoms with E-state index in [1.807, 2.05) is 4.90 Å². The molecule has 7 heteroatoms. The number of aromatic nitrogens is 1. The van der Waals surface area contributed by atoms with Gasteiger partial charge in [0.2, 0.25) is 5.91 Å². The van der Waals surface area contributed by atoms with Gasteiger partial charge in [0.05, 0.1) is 16.0 Å². The van der Waals surface area contributed by atoms with Gasteiger partial charge in [0.15, 0.2) is 0 Å². The number of anilines is 1. The maximum Gasteiger partial charge on any atom is 0.227 e. The third-order valence-corrected chi connectivity index (χ3v) is 4.57. The van der Waals surface area contributed by atoms with Crippen molar-refractivity contribution < 1.29 is 4.79 Å². The lowest BCUT2D eigenvalue weighted by atomic mass is 10.1. The molecule has 0 radical (unpaired) electrons. The summed E-state index contributed by atoms with van der Waals surface area (Å²) < 4.78 is 0. The number of piperazine rings is 1. The number of hydrogen-bond acceptors (Lipinski definition) is 4. The highest BCUT2D eigenvalue weighted by atomic mass is 35.5. The number of pyridine rings is 1. The van der Waals surface area contributed by atoms with Crippen LogP contribution < -0.4 is 10.2 Å². The van der Waals surface area contributed by atoms with Crippen LogP contribution >= 0.6 is 23.2 Å². The minimum absolute atomic E-state index is 0.147. The average molecular weight is 329 g/mol. The molecule has 1 aromatic rings. The topological polar surface area (TPSA) is 48.5 Å². The summed E-state index contributed by atoms with van der Waals surface area (Å²) in [5.41, 5.74) is 0. The molecule has 0 aliphatic carbocycles. The van der Waals surface area contributed by atoms with Gasteiger partial charge < -0.3 is 15.1 Å². The maximum atomic E-state index is 12.4. The molecule has 3 rings (SSSR count). The second kappa shape index (κ2) is 6.38. The number of nitrogens with one attached hydrogen (secondary N) is 1. The number of rotatable bonds is 2. The molecular weight excluding hydrogens is 311 g/mol. The third-order valence-electron chi connectivity index (χ3n) is 4.09. The Kier molecular flexibility index (Phi) is 4.52. The molecule has 1 aromatic heterocycles. The van der Waals surface area contributed by atoms with E-state index in [1.165, 1.54) is 0 Å². The summed E-state index contributed by atoms with van der Waals surface area (Å²) in [4.78, 5) is 20.7. The molecule has 0 saturated carbocycles. The monoisotopic (exact) mass is 328 g/mol. The zero-order valence-corrected chi connectivity index (χ0v) is 13.2. The van der Waals surface area contributed by atoms with E-state index in [-0.39, 0.29) is 11.8 Å². The van der Waals surface area contributed by atoms with Gasteiger partial charge in [0.1, 0.15) is 5.82 Å². The normalized spacial score (nSPS) is 22.7. The fourth-order valence-corrected chi connectivity index (χ4v) is 3.40. The lowest BCUT2D eigenvalue weighted by Gasteiger charge is -2.36. The van der Waals surface area contributed by atoms with Crippen molar-refractivity contribution in [1.82, 2.24) is 15.2 Å². The smallest absolute Gasteiger partial charge is 0.227 e. The molecule has 1 N–H and O–H groups in total. The van der Waals surface area contributed by atoms with Crippen LogP contribution in [0.5, 0.6) is 0 Å². The van der Waals surface area contributed by atoms with Gasteiger partial charge in [-0.3, -0.25) is 4.79 Å². The standard InChI is InChI=1S/C14H18Cl2N4O/c15-11-7-12(16)13(18-9-11)19-3-5-20(6-4-19)14(21)10-1-2-17-8-10/h7,9-10,17H,1-6,8H2/t10-/m1/s1. The molecule has 1 amide bonds. The summed E-state index contributed by atoms with van der Waals surface area (Å²) in [6.45, 7) is 4.69. The Bertz CT molecular complexity index is 526. The molecular formula is C14H18Cl2N4O. The van der Waals surface area contributed by atoms with Crippen LogP contribution in [0.4, 0.5) is 5.82 Å². The van der Waals surface area contributed by atoms with E-state index in [0.717, 1.165) is 51.5 Å². The van der Waals surface area contributed by atoms with Gasteiger partial charge >= 0.3 is 0 Å². The molecule has 2 aliphatic heterocycles. The number of amides is 1. The van der Waals surface area contributed by atoms with Gasteiger partial charge in [-0.05, 0) is 19.0 Å². The highest BCUT2D eigenvalue weighted by Gasteiger charge is 2.29. The van der Waals surface area contributed by atoms with Crippen LogP contribution in [0.25, 0.3) is 0 Å². The van der Waals surface area contributed by atoms with Crippen LogP contribution in [0.1, 0.15) is 6.42 Å². The molecule has 0 unspecified atom stereocenters. The molecule has 1 atom stereocenters. The number of nitrogens with zero attached hydrogens (tertiary/aromatic N) is 3. The summed E-state index contributed by atoms with van der Waals surface area (Å²) in [5.74, 6) is 1.17. The van der Waals surface area contributed by atoms with Crippen molar-refractivity contribution >= 4 is 34.9 Å². The van der Waals surface area contributed by atoms with Crippen molar-refractivity contribution in [3.63, 3.8) is 0 Å². The second-order valence-corrected chi connectivity index (χ2v) is 6.30. The van der Waals surface area contributed by atoms with E-state index in [9.17, 15) is 4.79 Å². The highest BCUT2D eigenvalue weighted by molar-refractivity contribution is 6.36. The third kappa shape index (κ3) is 3.25. The zero-order chi connectivity index (χ0) is 14.8. The van der Waals surface area contributed by atoms with Crippen molar-refractivity contribution in [1.29, 1.82) is 0 Å². The van der Waals surface area contributed by atoms with Crippen LogP contribution in [-0.4, -0.2) is 55.1 Å². The van der Waals surface area contributed by atoms with Crippen molar-refractivity contribution in [2.45, 2.75) is 6.42 Å². The van der Waals surface area contributed by atoms with Crippen LogP contribution in [0, 0.1) is 5.92 Å². The fourth-order valence-electron chi connectivity index (χ4n) is 2.90. The lowest BCUT2D eigenvalue weighted by Crippen LogP contribution is -2.51. The number of hydrogen-bond donors (Lipinski definition) is 1. The van der Waals surface area contributed by atoms with E-state index in [4.69, 9.17) is 23.2 Å². The quantitative estimate of drug-likeness (QED) is 0.896. The van der Waals surface area contributed by atoms with Crippen LogP contribution in [0.15, 0.2) is 12.3 Å². The van der Waals surface area contributed by atoms with Gasteiger partial charge in [0.25, 0.3) is 0 Å². The first-order chi connectivity index (χ1) is 10.1. The highest BCUT2D eigenvalue weighted by Crippen LogP contribution is 2.27. The van der Waals surface area contributed by atoms with Crippen molar-refractivity contribution in [3.8, 4) is 0 Å². The predicted octanol–water partition coefficient (Wildman–Crippen LogP) is 1.65. The van der Waals surface area contributed by atoms with E-state index in [1.54, 1.807) is 12.3 Å². The largest absolute Gasteiger partial charge is 0.352 e. The molecule has 2 fully saturated rings. The first-order valence-electron chi connectivity index (χ1n) is 7.20. The Morgan fingerprint density at radius 3 is 2.67 bits per heavy atom. The van der Waals surface area contributed by atoms with Gasteiger partial charge in [0, 0.05) is 38.9 Å². The van der Waals surface area contributed by atoms with E-state index in [0.29, 0.717) is 10.0 Å². The molecule has 0 spiro atoms. The average Bonchev–Trinajstić information content (AvgIpc) is 3.01. The molecule has 2 aliphatic rings. The number of carbonyl (C=O) groups is 1. The minimum Gasteiger partial charge on any atom is -0.352 e. The molecule has 114 valence electrons. The summed E-state index contributed by atoms with van der Waals surface area (Å²) in [7, 11) is 0. The Hall–Kier alpha value is -1.04. The molecule has 0 bridgehead atoms. The first kappa shape index (κ1) is 14.9. The molecule has 21 heavy (non-hydrogen) atoms. The second-order valence-electron chi connectivity index (χ2n) is 5.46. The Morgan fingerprint density at radius 2 is 2.05 bits per heavy atom. The summed E-state index contributed by atoms with van der Waals surface area (Å²) in [6.07, 6.45) is 2.55. The van der Waals surface area contributed by atoms with E-state index >= 15 is 0 Å². The van der Waals surface area contributed by atoms with E-state index in [2.05, 4.69) is 15.2 Å². The Balaban J connectivity index is 1.60. The Morgan fingerprint density at radius 1 is 1.29 bits per heavy atom. The Labute approximate surface area is 134 Å². The van der Waals surface area contributed by atoms with E-state index < -0.39 is 0 Å². The molecule has 3 heterocycles. The summed E-state index contributed by atoms with van der Waals surface area (Å²) in [5, 5.41) is 4.33. The number of carbonyl (C=O) groups excluding carboxylic acids is 1. The maximum absolute atomic E-state index is 12.4. The molecule has 2 saturated heterocycles. The molecule has 5 nitrogen and oxygen atoms in total. The van der Waals surface area contributed by atoms with Gasteiger partial charge in [-0.2, -0.15) is 0 Å². The van der Waals surface area contributed by atoms with Crippen LogP contribution in [0.2, 0.25) is 10.0 Å². The number of halogens is 2. The summed E-state index contributed by atoms with van der Waals surface area (Å²) >= 11 is 12.1. The van der Waals surface area contributed by atoms with Crippen LogP contribution in [0.3, 0.4) is 0 Å². The molecule has 0 aromatic carbocycles. The van der Waals surface area contributed by atoms with Gasteiger partial charge in [-0.1, -0.05) is 23.2 Å². The SMILES string of the molecule is O=C([C@@H]1CCNC1)N1CCN(c2ncc(Cl)cc2Cl)CC1. The van der Waals surface area contributed by atoms with Crippen molar-refractivity contribution in [2.75, 3.05) is 44.2 Å². The summed E-state index contributed by atoms with van der Waals surface area (Å²) in [6, 6.07) is 1.70.